The van der Waals surface area contributed by atoms with Crippen LogP contribution in [0.15, 0.2) is 65.5 Å². The number of methoxy groups -OCH3 is 1. The molecule has 2 heterocycles. The van der Waals surface area contributed by atoms with Gasteiger partial charge in [0, 0.05) is 44.1 Å². The summed E-state index contributed by atoms with van der Waals surface area (Å²) >= 11 is 0. The molecule has 0 bridgehead atoms. The van der Waals surface area contributed by atoms with Crippen LogP contribution < -0.4 is 15.2 Å². The summed E-state index contributed by atoms with van der Waals surface area (Å²) in [6.45, 7) is 7.61. The molecule has 4 rings (SSSR count). The smallest absolute Gasteiger partial charge is 0.259 e. The number of aromatic hydroxyl groups is 1. The van der Waals surface area contributed by atoms with Gasteiger partial charge in [-0.3, -0.25) is 9.69 Å². The van der Waals surface area contributed by atoms with Crippen LogP contribution in [0, 0.1) is 6.92 Å². The number of benzene rings is 2. The molecule has 1 aliphatic heterocycles. The standard InChI is InChI=1S/C26H31N3O3/c1-4-29-19(2)17-23(30)24(26(29)31)25(20-9-8-12-22(18-20)32-3)28-15-13-27(14-16-28)21-10-6-5-7-11-21/h5-12,17-18,25,30H,4,13-16H2,1-3H3/t25-/m1/s1. The van der Waals surface area contributed by atoms with Crippen LogP contribution >= 0.6 is 0 Å². The number of aryl methyl sites for hydroxylation is 1. The van der Waals surface area contributed by atoms with Crippen molar-refractivity contribution in [3.63, 3.8) is 0 Å². The van der Waals surface area contributed by atoms with Crippen LogP contribution in [-0.4, -0.2) is 47.9 Å². The van der Waals surface area contributed by atoms with Crippen LogP contribution in [0.25, 0.3) is 0 Å². The van der Waals surface area contributed by atoms with E-state index < -0.39 is 0 Å². The molecule has 0 saturated carbocycles. The van der Waals surface area contributed by atoms with Gasteiger partial charge in [0.25, 0.3) is 5.56 Å². The number of piperazine rings is 1. The maximum Gasteiger partial charge on any atom is 0.259 e. The number of rotatable bonds is 6. The third-order valence-corrected chi connectivity index (χ3v) is 6.32. The van der Waals surface area contributed by atoms with Crippen molar-refractivity contribution in [2.75, 3.05) is 38.2 Å². The van der Waals surface area contributed by atoms with Gasteiger partial charge in [-0.1, -0.05) is 30.3 Å². The molecule has 1 aromatic heterocycles. The highest BCUT2D eigenvalue weighted by Crippen LogP contribution is 2.35. The van der Waals surface area contributed by atoms with Gasteiger partial charge in [-0.25, -0.2) is 0 Å². The third-order valence-electron chi connectivity index (χ3n) is 6.32. The van der Waals surface area contributed by atoms with E-state index in [4.69, 9.17) is 4.74 Å². The average molecular weight is 434 g/mol. The summed E-state index contributed by atoms with van der Waals surface area (Å²) in [7, 11) is 1.64. The lowest BCUT2D eigenvalue weighted by molar-refractivity contribution is 0.207. The van der Waals surface area contributed by atoms with E-state index in [9.17, 15) is 9.90 Å². The van der Waals surface area contributed by atoms with E-state index in [1.165, 1.54) is 5.69 Å². The van der Waals surface area contributed by atoms with E-state index in [0.29, 0.717) is 12.1 Å². The lowest BCUT2D eigenvalue weighted by Gasteiger charge is -2.40. The molecule has 0 unspecified atom stereocenters. The van der Waals surface area contributed by atoms with E-state index in [1.807, 2.05) is 44.2 Å². The van der Waals surface area contributed by atoms with Gasteiger partial charge in [0.15, 0.2) is 0 Å². The van der Waals surface area contributed by atoms with E-state index in [2.05, 4.69) is 34.1 Å². The van der Waals surface area contributed by atoms with Crippen LogP contribution in [0.4, 0.5) is 5.69 Å². The quantitative estimate of drug-likeness (QED) is 0.641. The largest absolute Gasteiger partial charge is 0.507 e. The Morgan fingerprint density at radius 3 is 2.38 bits per heavy atom. The number of hydrogen-bond donors (Lipinski definition) is 1. The summed E-state index contributed by atoms with van der Waals surface area (Å²) in [6.07, 6.45) is 0. The minimum atomic E-state index is -0.353. The van der Waals surface area contributed by atoms with E-state index in [-0.39, 0.29) is 17.4 Å². The topological polar surface area (TPSA) is 57.9 Å². The van der Waals surface area contributed by atoms with Crippen LogP contribution in [0.5, 0.6) is 11.5 Å². The van der Waals surface area contributed by atoms with Gasteiger partial charge in [0.1, 0.15) is 11.5 Å². The van der Waals surface area contributed by atoms with Gasteiger partial charge in [0.05, 0.1) is 18.7 Å². The van der Waals surface area contributed by atoms with Crippen molar-refractivity contribution in [1.29, 1.82) is 0 Å². The van der Waals surface area contributed by atoms with E-state index in [1.54, 1.807) is 17.7 Å². The van der Waals surface area contributed by atoms with Gasteiger partial charge in [-0.05, 0) is 49.7 Å². The molecule has 1 aliphatic rings. The summed E-state index contributed by atoms with van der Waals surface area (Å²) in [5.74, 6) is 0.786. The molecular weight excluding hydrogens is 402 g/mol. The fraction of sp³-hybridized carbons (Fsp3) is 0.346. The SMILES string of the molecule is CCn1c(C)cc(O)c([C@@H](c2cccc(OC)c2)N2CCN(c3ccccc3)CC2)c1=O. The zero-order chi connectivity index (χ0) is 22.7. The lowest BCUT2D eigenvalue weighted by atomic mass is 9.95. The molecule has 1 atom stereocenters. The van der Waals surface area contributed by atoms with E-state index >= 15 is 0 Å². The number of pyridine rings is 1. The third kappa shape index (κ3) is 4.23. The number of anilines is 1. The van der Waals surface area contributed by atoms with Gasteiger partial charge in [0.2, 0.25) is 0 Å². The predicted molar refractivity (Wildman–Crippen MR) is 128 cm³/mol. The monoisotopic (exact) mass is 433 g/mol. The number of aromatic nitrogens is 1. The van der Waals surface area contributed by atoms with E-state index in [0.717, 1.165) is 43.2 Å². The van der Waals surface area contributed by atoms with Gasteiger partial charge < -0.3 is 19.3 Å². The molecule has 1 N–H and O–H groups in total. The van der Waals surface area contributed by atoms with Crippen molar-refractivity contribution in [1.82, 2.24) is 9.47 Å². The molecule has 0 radical (unpaired) electrons. The molecule has 2 aromatic carbocycles. The van der Waals surface area contributed by atoms with Crippen LogP contribution in [-0.2, 0) is 6.54 Å². The molecule has 168 valence electrons. The molecule has 0 aliphatic carbocycles. The Labute approximate surface area is 189 Å². The number of para-hydroxylation sites is 1. The summed E-state index contributed by atoms with van der Waals surface area (Å²) in [4.78, 5) is 18.1. The second-order valence-electron chi connectivity index (χ2n) is 8.17. The first kappa shape index (κ1) is 22.0. The minimum absolute atomic E-state index is 0.0514. The first-order chi connectivity index (χ1) is 15.5. The fourth-order valence-corrected chi connectivity index (χ4v) is 4.67. The lowest BCUT2D eigenvalue weighted by Crippen LogP contribution is -2.49. The second-order valence-corrected chi connectivity index (χ2v) is 8.17. The summed E-state index contributed by atoms with van der Waals surface area (Å²) < 4.78 is 7.18. The van der Waals surface area contributed by atoms with Gasteiger partial charge in [-0.2, -0.15) is 0 Å². The molecule has 0 spiro atoms. The number of nitrogens with zero attached hydrogens (tertiary/aromatic N) is 3. The predicted octanol–water partition coefficient (Wildman–Crippen LogP) is 3.80. The Morgan fingerprint density at radius 2 is 1.72 bits per heavy atom. The summed E-state index contributed by atoms with van der Waals surface area (Å²) in [6, 6.07) is 19.5. The van der Waals surface area contributed by atoms with Crippen molar-refractivity contribution in [3.05, 3.63) is 87.8 Å². The Balaban J connectivity index is 1.74. The maximum atomic E-state index is 13.5. The highest BCUT2D eigenvalue weighted by atomic mass is 16.5. The molecule has 0 amide bonds. The Bertz CT molecular complexity index is 1120. The maximum absolute atomic E-state index is 13.5. The van der Waals surface area contributed by atoms with Crippen molar-refractivity contribution < 1.29 is 9.84 Å². The normalized spacial score (nSPS) is 15.5. The molecule has 32 heavy (non-hydrogen) atoms. The highest BCUT2D eigenvalue weighted by molar-refractivity contribution is 5.47. The number of ether oxygens (including phenoxy) is 1. The second kappa shape index (κ2) is 9.49. The minimum Gasteiger partial charge on any atom is -0.507 e. The fourth-order valence-electron chi connectivity index (χ4n) is 4.67. The molecule has 6 heteroatoms. The van der Waals surface area contributed by atoms with Gasteiger partial charge in [-0.15, -0.1) is 0 Å². The zero-order valence-corrected chi connectivity index (χ0v) is 19.0. The first-order valence-corrected chi connectivity index (χ1v) is 11.1. The van der Waals surface area contributed by atoms with Crippen LogP contribution in [0.2, 0.25) is 0 Å². The van der Waals surface area contributed by atoms with Crippen molar-refractivity contribution >= 4 is 5.69 Å². The molecular formula is C26H31N3O3. The molecule has 6 nitrogen and oxygen atoms in total. The highest BCUT2D eigenvalue weighted by Gasteiger charge is 2.31. The van der Waals surface area contributed by atoms with Crippen LogP contribution in [0.3, 0.4) is 0 Å². The number of hydrogen-bond acceptors (Lipinski definition) is 5. The van der Waals surface area contributed by atoms with Crippen LogP contribution in [0.1, 0.15) is 29.8 Å². The Morgan fingerprint density at radius 1 is 1.00 bits per heavy atom. The summed E-state index contributed by atoms with van der Waals surface area (Å²) in [5.41, 5.74) is 3.20. The molecule has 1 fully saturated rings. The van der Waals surface area contributed by atoms with Crippen molar-refractivity contribution in [2.24, 2.45) is 0 Å². The first-order valence-electron chi connectivity index (χ1n) is 11.1. The Kier molecular flexibility index (Phi) is 6.51. The van der Waals surface area contributed by atoms with Gasteiger partial charge >= 0.3 is 0 Å². The zero-order valence-electron chi connectivity index (χ0n) is 19.0. The van der Waals surface area contributed by atoms with Crippen molar-refractivity contribution in [3.8, 4) is 11.5 Å². The Hall–Kier alpha value is -3.25. The van der Waals surface area contributed by atoms with Crippen molar-refractivity contribution in [2.45, 2.75) is 26.4 Å². The molecule has 3 aromatic rings. The average Bonchev–Trinajstić information content (AvgIpc) is 2.82. The molecule has 1 saturated heterocycles. The summed E-state index contributed by atoms with van der Waals surface area (Å²) in [5, 5.41) is 10.9.